The Hall–Kier alpha value is -3.63. The maximum Gasteiger partial charge on any atom is 0.405 e. The van der Waals surface area contributed by atoms with E-state index >= 15 is 0 Å². The number of ether oxygens (including phenoxy) is 2. The monoisotopic (exact) mass is 612 g/mol. The van der Waals surface area contributed by atoms with Gasteiger partial charge >= 0.3 is 12.1 Å². The van der Waals surface area contributed by atoms with Crippen LogP contribution in [-0.4, -0.2) is 74.9 Å². The molecular weight excluding hydrogens is 564 g/mol. The van der Waals surface area contributed by atoms with Crippen molar-refractivity contribution >= 4 is 29.0 Å². The molecule has 2 aliphatic rings. The summed E-state index contributed by atoms with van der Waals surface area (Å²) in [7, 11) is 1.58. The number of carboxylic acids is 1. The van der Waals surface area contributed by atoms with E-state index in [2.05, 4.69) is 5.32 Å². The number of fused-ring (bicyclic) bond motifs is 1. The average Bonchev–Trinajstić information content (AvgIpc) is 3.62. The molecule has 3 N–H and O–H groups in total. The van der Waals surface area contributed by atoms with Crippen LogP contribution >= 0.6 is 0 Å². The third-order valence-corrected chi connectivity index (χ3v) is 9.15. The van der Waals surface area contributed by atoms with E-state index in [1.54, 1.807) is 33.9 Å². The van der Waals surface area contributed by atoms with E-state index in [1.165, 1.54) is 43.4 Å². The van der Waals surface area contributed by atoms with Gasteiger partial charge in [-0.05, 0) is 42.7 Å². The Kier molecular flexibility index (Phi) is 10.9. The molecule has 1 aromatic heterocycles. The van der Waals surface area contributed by atoms with E-state index in [9.17, 15) is 24.6 Å². The van der Waals surface area contributed by atoms with E-state index in [4.69, 9.17) is 19.4 Å². The van der Waals surface area contributed by atoms with Crippen LogP contribution in [-0.2, 0) is 16.0 Å². The Labute approximate surface area is 259 Å². The molecule has 2 heterocycles. The van der Waals surface area contributed by atoms with Crippen LogP contribution in [0.4, 0.5) is 4.79 Å². The number of aryl methyl sites for hydroxylation is 1. The van der Waals surface area contributed by atoms with Crippen molar-refractivity contribution in [3.63, 3.8) is 0 Å². The van der Waals surface area contributed by atoms with Crippen LogP contribution < -0.4 is 14.8 Å². The van der Waals surface area contributed by atoms with Crippen molar-refractivity contribution in [2.75, 3.05) is 13.7 Å². The van der Waals surface area contributed by atoms with Crippen molar-refractivity contribution in [3.8, 4) is 11.6 Å². The Morgan fingerprint density at radius 1 is 1.07 bits per heavy atom. The van der Waals surface area contributed by atoms with Crippen molar-refractivity contribution in [3.05, 3.63) is 23.9 Å². The number of nitrogens with one attached hydrogen (secondary N) is 1. The average molecular weight is 613 g/mol. The van der Waals surface area contributed by atoms with Crippen molar-refractivity contribution in [1.82, 2.24) is 20.2 Å². The summed E-state index contributed by atoms with van der Waals surface area (Å²) in [6.45, 7) is 7.07. The standard InChI is InChI=1S/C33H48N4O7/c1-6-22-26(19-37(27(22)31(39)40)30(38)28(33(2,3)4)36-32(41)42)44-29-24(15-9-7-8-12-20-13-10-11-14-20)34-23-17-16-21(43-5)18-25(23)35-29/h16-18,20,22,26-28,36H,6-15,19H2,1-5H3,(H,39,40)(H,41,42)/t22-,26+,27+,28-/m1/s1. The molecule has 4 rings (SSSR count). The lowest BCUT2D eigenvalue weighted by atomic mass is 9.85. The number of hydrogen-bond donors (Lipinski definition) is 3. The van der Waals surface area contributed by atoms with Gasteiger partial charge < -0.3 is 29.9 Å². The van der Waals surface area contributed by atoms with Crippen molar-refractivity contribution < 1.29 is 34.1 Å². The van der Waals surface area contributed by atoms with Crippen LogP contribution in [0.15, 0.2) is 18.2 Å². The first-order chi connectivity index (χ1) is 20.9. The zero-order chi connectivity index (χ0) is 32.0. The number of rotatable bonds is 13. The van der Waals surface area contributed by atoms with Crippen LogP contribution in [0.2, 0.25) is 0 Å². The third kappa shape index (κ3) is 7.90. The highest BCUT2D eigenvalue weighted by molar-refractivity contribution is 5.90. The molecule has 0 spiro atoms. The van der Waals surface area contributed by atoms with Gasteiger partial charge in [-0.3, -0.25) is 4.79 Å². The van der Waals surface area contributed by atoms with Crippen molar-refractivity contribution in [1.29, 1.82) is 0 Å². The van der Waals surface area contributed by atoms with Crippen LogP contribution in [0.25, 0.3) is 11.0 Å². The predicted octanol–water partition coefficient (Wildman–Crippen LogP) is 5.68. The molecule has 1 saturated heterocycles. The highest BCUT2D eigenvalue weighted by atomic mass is 16.5. The first-order valence-electron chi connectivity index (χ1n) is 16.0. The second kappa shape index (κ2) is 14.4. The normalized spacial score (nSPS) is 21.4. The van der Waals surface area contributed by atoms with Gasteiger partial charge in [0.05, 0.1) is 24.7 Å². The second-order valence-electron chi connectivity index (χ2n) is 13.3. The molecule has 2 fully saturated rings. The number of benzene rings is 1. The summed E-state index contributed by atoms with van der Waals surface area (Å²) < 4.78 is 11.9. The number of nitrogens with zero attached hydrogens (tertiary/aromatic N) is 3. The molecule has 1 saturated carbocycles. The molecule has 1 aliphatic carbocycles. The molecular formula is C33H48N4O7. The minimum atomic E-state index is -1.35. The fraction of sp³-hybridized carbons (Fsp3) is 0.667. The van der Waals surface area contributed by atoms with Gasteiger partial charge in [0, 0.05) is 12.0 Å². The maximum atomic E-state index is 13.8. The summed E-state index contributed by atoms with van der Waals surface area (Å²) in [4.78, 5) is 48.9. The Morgan fingerprint density at radius 2 is 1.80 bits per heavy atom. The quantitative estimate of drug-likeness (QED) is 0.243. The number of carbonyl (C=O) groups excluding carboxylic acids is 1. The number of aromatic nitrogens is 2. The largest absolute Gasteiger partial charge is 0.497 e. The number of hydrogen-bond acceptors (Lipinski definition) is 7. The van der Waals surface area contributed by atoms with E-state index in [1.807, 2.05) is 19.1 Å². The van der Waals surface area contributed by atoms with Crippen molar-refractivity contribution in [2.45, 2.75) is 110 Å². The zero-order valence-corrected chi connectivity index (χ0v) is 26.7. The summed E-state index contributed by atoms with van der Waals surface area (Å²) in [5.74, 6) is -0.464. The van der Waals surface area contributed by atoms with Gasteiger partial charge in [0.1, 0.15) is 29.6 Å². The molecule has 2 amide bonds. The first-order valence-corrected chi connectivity index (χ1v) is 16.0. The van der Waals surface area contributed by atoms with Gasteiger partial charge in [0.2, 0.25) is 11.8 Å². The summed E-state index contributed by atoms with van der Waals surface area (Å²) in [5.41, 5.74) is 1.23. The van der Waals surface area contributed by atoms with Crippen LogP contribution in [0.1, 0.15) is 91.2 Å². The molecule has 0 bridgehead atoms. The van der Waals surface area contributed by atoms with Gasteiger partial charge in [-0.1, -0.05) is 72.6 Å². The fourth-order valence-corrected chi connectivity index (χ4v) is 6.75. The van der Waals surface area contributed by atoms with E-state index < -0.39 is 47.5 Å². The smallest absolute Gasteiger partial charge is 0.405 e. The number of carbonyl (C=O) groups is 3. The number of methoxy groups -OCH3 is 1. The Bertz CT molecular complexity index is 1320. The minimum absolute atomic E-state index is 0.0131. The minimum Gasteiger partial charge on any atom is -0.497 e. The number of unbranched alkanes of at least 4 members (excludes halogenated alkanes) is 2. The van der Waals surface area contributed by atoms with E-state index in [0.29, 0.717) is 41.2 Å². The topological polar surface area (TPSA) is 151 Å². The van der Waals surface area contributed by atoms with Gasteiger partial charge in [-0.25, -0.2) is 19.6 Å². The van der Waals surface area contributed by atoms with Crippen LogP contribution in [0.5, 0.6) is 11.6 Å². The van der Waals surface area contributed by atoms with Crippen molar-refractivity contribution in [2.24, 2.45) is 17.3 Å². The van der Waals surface area contributed by atoms with Crippen LogP contribution in [0.3, 0.4) is 0 Å². The summed E-state index contributed by atoms with van der Waals surface area (Å²) in [6, 6.07) is 3.18. The molecule has 44 heavy (non-hydrogen) atoms. The summed E-state index contributed by atoms with van der Waals surface area (Å²) in [6.07, 6.45) is 8.91. The Balaban J connectivity index is 1.60. The first kappa shape index (κ1) is 33.3. The zero-order valence-electron chi connectivity index (χ0n) is 26.7. The number of aliphatic carboxylic acids is 1. The molecule has 11 heteroatoms. The van der Waals surface area contributed by atoms with E-state index in [0.717, 1.165) is 18.8 Å². The van der Waals surface area contributed by atoms with Gasteiger partial charge in [-0.2, -0.15) is 0 Å². The lowest BCUT2D eigenvalue weighted by Gasteiger charge is -2.34. The van der Waals surface area contributed by atoms with E-state index in [-0.39, 0.29) is 6.54 Å². The van der Waals surface area contributed by atoms with Gasteiger partial charge in [0.25, 0.3) is 0 Å². The molecule has 1 aromatic carbocycles. The summed E-state index contributed by atoms with van der Waals surface area (Å²) in [5, 5.41) is 22.0. The number of carboxylic acid groups (broad SMARTS) is 2. The molecule has 0 radical (unpaired) electrons. The predicted molar refractivity (Wildman–Crippen MR) is 166 cm³/mol. The SMILES string of the molecule is CC[C@@H]1[C@@H](Oc2nc3cc(OC)ccc3nc2CCCCCC2CCCC2)CN(C(=O)[C@@H](NC(=O)O)C(C)(C)C)[C@@H]1C(=O)O. The van der Waals surface area contributed by atoms with Gasteiger partial charge in [0.15, 0.2) is 0 Å². The maximum absolute atomic E-state index is 13.8. The number of likely N-dealkylation sites (tertiary alicyclic amines) is 1. The molecule has 11 nitrogen and oxygen atoms in total. The number of amides is 2. The highest BCUT2D eigenvalue weighted by Crippen LogP contribution is 2.35. The lowest BCUT2D eigenvalue weighted by Crippen LogP contribution is -2.57. The highest BCUT2D eigenvalue weighted by Gasteiger charge is 2.51. The second-order valence-corrected chi connectivity index (χ2v) is 13.3. The molecule has 0 unspecified atom stereocenters. The van der Waals surface area contributed by atoms with Crippen LogP contribution in [0, 0.1) is 17.3 Å². The molecule has 1 aliphatic heterocycles. The molecule has 2 aromatic rings. The Morgan fingerprint density at radius 3 is 2.41 bits per heavy atom. The molecule has 4 atom stereocenters. The fourth-order valence-electron chi connectivity index (χ4n) is 6.75. The third-order valence-electron chi connectivity index (χ3n) is 9.15. The lowest BCUT2D eigenvalue weighted by molar-refractivity contribution is -0.151. The summed E-state index contributed by atoms with van der Waals surface area (Å²) >= 11 is 0. The molecule has 242 valence electrons. The van der Waals surface area contributed by atoms with Gasteiger partial charge in [-0.15, -0.1) is 0 Å².